The normalized spacial score (nSPS) is 12.2. The van der Waals surface area contributed by atoms with Gasteiger partial charge < -0.3 is 5.32 Å². The van der Waals surface area contributed by atoms with Crippen molar-refractivity contribution in [3.63, 3.8) is 0 Å². The van der Waals surface area contributed by atoms with Gasteiger partial charge in [-0.3, -0.25) is 4.79 Å². The van der Waals surface area contributed by atoms with Crippen molar-refractivity contribution in [2.45, 2.75) is 18.7 Å². The number of thiazole rings is 1. The Kier molecular flexibility index (Phi) is 4.96. The molecule has 100 valence electrons. The Morgan fingerprint density at radius 3 is 2.79 bits per heavy atom. The smallest absolute Gasteiger partial charge is 0.243 e. The fourth-order valence-corrected chi connectivity index (χ4v) is 2.62. The summed E-state index contributed by atoms with van der Waals surface area (Å²) in [5, 5.41) is 2.72. The van der Waals surface area contributed by atoms with Crippen molar-refractivity contribution in [2.24, 2.45) is 0 Å². The highest BCUT2D eigenvalue weighted by molar-refractivity contribution is 9.10. The average Bonchev–Trinajstić information content (AvgIpc) is 2.79. The number of nitrogens with zero attached hydrogens (tertiary/aromatic N) is 1. The van der Waals surface area contributed by atoms with E-state index in [-0.39, 0.29) is 5.91 Å². The molecule has 0 aliphatic carbocycles. The summed E-state index contributed by atoms with van der Waals surface area (Å²) in [4.78, 5) is 16.7. The quantitative estimate of drug-likeness (QED) is 0.836. The lowest BCUT2D eigenvalue weighted by Crippen LogP contribution is -2.19. The highest BCUT2D eigenvalue weighted by Crippen LogP contribution is 2.22. The first-order valence-electron chi connectivity index (χ1n) is 5.68. The van der Waals surface area contributed by atoms with Gasteiger partial charge >= 0.3 is 0 Å². The second-order valence-electron chi connectivity index (χ2n) is 4.04. The second kappa shape index (κ2) is 6.50. The minimum absolute atomic E-state index is 0.230. The van der Waals surface area contributed by atoms with Gasteiger partial charge in [-0.2, -0.15) is 0 Å². The van der Waals surface area contributed by atoms with E-state index in [1.807, 2.05) is 12.1 Å². The molecule has 3 nitrogen and oxygen atoms in total. The number of aromatic nitrogens is 1. The molecule has 2 aromatic rings. The summed E-state index contributed by atoms with van der Waals surface area (Å²) in [5.74, 6) is -0.230. The molecule has 1 aromatic heterocycles. The number of carbonyl (C=O) groups is 1. The second-order valence-corrected chi connectivity index (χ2v) is 6.73. The highest BCUT2D eigenvalue weighted by atomic mass is 79.9. The van der Waals surface area contributed by atoms with Gasteiger partial charge in [0.25, 0.3) is 0 Å². The van der Waals surface area contributed by atoms with Crippen LogP contribution in [0.2, 0.25) is 0 Å². The molecule has 0 aliphatic rings. The van der Waals surface area contributed by atoms with Crippen molar-refractivity contribution in [2.75, 3.05) is 5.32 Å². The summed E-state index contributed by atoms with van der Waals surface area (Å²) in [6, 6.07) is 8.13. The molecule has 1 N–H and O–H groups in total. The summed E-state index contributed by atoms with van der Waals surface area (Å²) in [6.45, 7) is 1.63. The standard InChI is InChI=1S/C13H12BrClN2OS/c1-8(15)12(18)17-13-16-7-11(19-13)6-9-2-4-10(14)5-3-9/h2-5,7-8H,6H2,1H3,(H,16,17,18). The SMILES string of the molecule is CC(Cl)C(=O)Nc1ncc(Cc2ccc(Br)cc2)s1. The third kappa shape index (κ3) is 4.30. The summed E-state index contributed by atoms with van der Waals surface area (Å²) in [5.41, 5.74) is 1.20. The fourth-order valence-electron chi connectivity index (χ4n) is 1.46. The zero-order chi connectivity index (χ0) is 13.8. The Morgan fingerprint density at radius 1 is 1.47 bits per heavy atom. The van der Waals surface area contributed by atoms with Gasteiger partial charge in [-0.15, -0.1) is 22.9 Å². The van der Waals surface area contributed by atoms with Crippen LogP contribution in [0.5, 0.6) is 0 Å². The third-order valence-electron chi connectivity index (χ3n) is 2.44. The zero-order valence-electron chi connectivity index (χ0n) is 10.2. The maximum absolute atomic E-state index is 11.4. The molecule has 0 aliphatic heterocycles. The lowest BCUT2D eigenvalue weighted by molar-refractivity contribution is -0.115. The van der Waals surface area contributed by atoms with Crippen molar-refractivity contribution in [1.82, 2.24) is 4.98 Å². The van der Waals surface area contributed by atoms with Gasteiger partial charge in [0, 0.05) is 22.0 Å². The first-order chi connectivity index (χ1) is 9.04. The predicted octanol–water partition coefficient (Wildman–Crippen LogP) is 4.06. The fraction of sp³-hybridized carbons (Fsp3) is 0.231. The van der Waals surface area contributed by atoms with E-state index in [4.69, 9.17) is 11.6 Å². The van der Waals surface area contributed by atoms with Crippen molar-refractivity contribution in [3.05, 3.63) is 45.4 Å². The molecule has 0 saturated heterocycles. The van der Waals surface area contributed by atoms with Crippen LogP contribution in [0.25, 0.3) is 0 Å². The molecular formula is C13H12BrClN2OS. The molecule has 1 heterocycles. The van der Waals surface area contributed by atoms with Crippen LogP contribution in [0, 0.1) is 0 Å². The van der Waals surface area contributed by atoms with Crippen LogP contribution in [0.3, 0.4) is 0 Å². The maximum atomic E-state index is 11.4. The molecule has 1 atom stereocenters. The minimum atomic E-state index is -0.557. The lowest BCUT2D eigenvalue weighted by Gasteiger charge is -2.01. The van der Waals surface area contributed by atoms with Crippen LogP contribution < -0.4 is 5.32 Å². The molecule has 1 aromatic carbocycles. The molecule has 1 unspecified atom stereocenters. The Bertz CT molecular complexity index is 568. The number of amides is 1. The Labute approximate surface area is 129 Å². The number of benzene rings is 1. The van der Waals surface area contributed by atoms with E-state index >= 15 is 0 Å². The van der Waals surface area contributed by atoms with Crippen LogP contribution in [0.4, 0.5) is 5.13 Å². The number of hydrogen-bond acceptors (Lipinski definition) is 3. The van der Waals surface area contributed by atoms with Crippen molar-refractivity contribution < 1.29 is 4.79 Å². The van der Waals surface area contributed by atoms with Gasteiger partial charge in [-0.05, 0) is 24.6 Å². The summed E-state index contributed by atoms with van der Waals surface area (Å²) in [7, 11) is 0. The molecular weight excluding hydrogens is 348 g/mol. The van der Waals surface area contributed by atoms with Gasteiger partial charge in [0.05, 0.1) is 0 Å². The molecule has 0 radical (unpaired) electrons. The minimum Gasteiger partial charge on any atom is -0.301 e. The summed E-state index contributed by atoms with van der Waals surface area (Å²) >= 11 is 10.6. The van der Waals surface area contributed by atoms with Gasteiger partial charge in [0.15, 0.2) is 5.13 Å². The molecule has 1 amide bonds. The Morgan fingerprint density at radius 2 is 2.16 bits per heavy atom. The predicted molar refractivity (Wildman–Crippen MR) is 83.0 cm³/mol. The van der Waals surface area contributed by atoms with E-state index in [1.54, 1.807) is 13.1 Å². The largest absolute Gasteiger partial charge is 0.301 e. The number of alkyl halides is 1. The molecule has 0 fully saturated rings. The Hall–Kier alpha value is -0.910. The van der Waals surface area contributed by atoms with Gasteiger partial charge in [-0.1, -0.05) is 28.1 Å². The number of carbonyl (C=O) groups excluding carboxylic acids is 1. The van der Waals surface area contributed by atoms with E-state index in [9.17, 15) is 4.79 Å². The van der Waals surface area contributed by atoms with E-state index in [1.165, 1.54) is 16.9 Å². The number of halogens is 2. The number of hydrogen-bond donors (Lipinski definition) is 1. The molecule has 0 spiro atoms. The van der Waals surface area contributed by atoms with Gasteiger partial charge in [0.1, 0.15) is 5.38 Å². The molecule has 6 heteroatoms. The number of anilines is 1. The molecule has 0 saturated carbocycles. The van der Waals surface area contributed by atoms with E-state index in [0.29, 0.717) is 5.13 Å². The number of nitrogens with one attached hydrogen (secondary N) is 1. The van der Waals surface area contributed by atoms with Crippen LogP contribution in [0.1, 0.15) is 17.4 Å². The first-order valence-corrected chi connectivity index (χ1v) is 7.73. The molecule has 19 heavy (non-hydrogen) atoms. The summed E-state index contributed by atoms with van der Waals surface area (Å²) < 4.78 is 1.06. The van der Waals surface area contributed by atoms with Gasteiger partial charge in [0.2, 0.25) is 5.91 Å². The summed E-state index contributed by atoms with van der Waals surface area (Å²) in [6.07, 6.45) is 2.58. The van der Waals surface area contributed by atoms with E-state index in [2.05, 4.69) is 38.4 Å². The number of rotatable bonds is 4. The Balaban J connectivity index is 2.01. The topological polar surface area (TPSA) is 42.0 Å². The van der Waals surface area contributed by atoms with E-state index < -0.39 is 5.38 Å². The van der Waals surface area contributed by atoms with Crippen LogP contribution in [-0.4, -0.2) is 16.3 Å². The van der Waals surface area contributed by atoms with Crippen LogP contribution in [-0.2, 0) is 11.2 Å². The highest BCUT2D eigenvalue weighted by Gasteiger charge is 2.11. The first kappa shape index (κ1) is 14.5. The third-order valence-corrected chi connectivity index (χ3v) is 4.08. The van der Waals surface area contributed by atoms with Gasteiger partial charge in [-0.25, -0.2) is 4.98 Å². The van der Waals surface area contributed by atoms with Crippen LogP contribution >= 0.6 is 38.9 Å². The maximum Gasteiger partial charge on any atom is 0.243 e. The monoisotopic (exact) mass is 358 g/mol. The van der Waals surface area contributed by atoms with Crippen LogP contribution in [0.15, 0.2) is 34.9 Å². The van der Waals surface area contributed by atoms with E-state index in [0.717, 1.165) is 15.8 Å². The lowest BCUT2D eigenvalue weighted by atomic mass is 10.1. The molecule has 2 rings (SSSR count). The average molecular weight is 360 g/mol. The van der Waals surface area contributed by atoms with Crippen molar-refractivity contribution in [1.29, 1.82) is 0 Å². The van der Waals surface area contributed by atoms with Crippen molar-refractivity contribution in [3.8, 4) is 0 Å². The molecule has 0 bridgehead atoms. The van der Waals surface area contributed by atoms with Crippen molar-refractivity contribution >= 4 is 49.9 Å². The zero-order valence-corrected chi connectivity index (χ0v) is 13.3.